The molecule has 0 bridgehead atoms. The molecule has 1 aliphatic rings. The third-order valence-electron chi connectivity index (χ3n) is 8.11. The quantitative estimate of drug-likeness (QED) is 0.202. The van der Waals surface area contributed by atoms with Gasteiger partial charge in [-0.3, -0.25) is 14.4 Å². The lowest BCUT2D eigenvalue weighted by molar-refractivity contribution is -0.122. The average molecular weight is 675 g/mol. The second kappa shape index (κ2) is 14.4. The van der Waals surface area contributed by atoms with Crippen LogP contribution in [0.5, 0.6) is 5.75 Å². The number of anilines is 3. The molecule has 0 atom stereocenters. The van der Waals surface area contributed by atoms with Crippen molar-refractivity contribution in [3.05, 3.63) is 93.1 Å². The Kier molecular flexibility index (Phi) is 10.4. The Morgan fingerprint density at radius 2 is 1.83 bits per heavy atom. The fourth-order valence-electron chi connectivity index (χ4n) is 5.64. The van der Waals surface area contributed by atoms with E-state index in [1.165, 1.54) is 11.0 Å². The molecule has 244 valence electrons. The molecule has 2 heterocycles. The first-order valence-corrected chi connectivity index (χ1v) is 16.0. The van der Waals surface area contributed by atoms with Crippen LogP contribution >= 0.6 is 23.2 Å². The summed E-state index contributed by atoms with van der Waals surface area (Å²) in [5.41, 5.74) is 6.38. The average Bonchev–Trinajstić information content (AvgIpc) is 3.05. The largest absolute Gasteiger partial charge is 0.487 e. The maximum absolute atomic E-state index is 13.1. The van der Waals surface area contributed by atoms with Gasteiger partial charge in [-0.05, 0) is 73.4 Å². The Morgan fingerprint density at radius 3 is 2.57 bits per heavy atom. The molecule has 3 amide bonds. The molecule has 0 aliphatic carbocycles. The van der Waals surface area contributed by atoms with Crippen molar-refractivity contribution in [2.45, 2.75) is 33.3 Å². The first-order chi connectivity index (χ1) is 22.4. The molecule has 3 aromatic carbocycles. The zero-order valence-corrected chi connectivity index (χ0v) is 28.6. The van der Waals surface area contributed by atoms with Crippen molar-refractivity contribution in [1.82, 2.24) is 10.3 Å². The highest BCUT2D eigenvalue weighted by Gasteiger charge is 2.21. The zero-order valence-electron chi connectivity index (χ0n) is 27.1. The Labute approximate surface area is 284 Å². The van der Waals surface area contributed by atoms with Crippen LogP contribution < -0.4 is 24.8 Å². The van der Waals surface area contributed by atoms with Crippen molar-refractivity contribution in [2.24, 2.45) is 0 Å². The molecule has 0 fully saturated rings. The van der Waals surface area contributed by atoms with Crippen LogP contribution in [0.15, 0.2) is 60.7 Å². The van der Waals surface area contributed by atoms with Crippen LogP contribution in [0.2, 0.25) is 10.0 Å². The first kappa shape index (κ1) is 33.8. The minimum Gasteiger partial charge on any atom is -0.487 e. The zero-order chi connectivity index (χ0) is 33.8. The van der Waals surface area contributed by atoms with Gasteiger partial charge in [-0.15, -0.1) is 0 Å². The molecule has 1 aliphatic heterocycles. The SMILES string of the molecule is CC(=O)N1CCCc2cc(C=CC(=O)NCC(=O)N(C)c3ccc(Cl)c(COc4cccc5c(N(C)C)cc(C)nc45)c3Cl)ccc21. The smallest absolute Gasteiger partial charge is 0.246 e. The number of likely N-dealkylation sites (N-methyl/N-ethyl adjacent to an activating group) is 1. The number of rotatable bonds is 9. The number of pyridine rings is 1. The number of amides is 3. The molecular weight excluding hydrogens is 637 g/mol. The molecule has 47 heavy (non-hydrogen) atoms. The Morgan fingerprint density at radius 1 is 1.04 bits per heavy atom. The number of fused-ring (bicyclic) bond motifs is 2. The number of para-hydroxylation sites is 1. The van der Waals surface area contributed by atoms with Gasteiger partial charge in [0.05, 0.1) is 17.3 Å². The van der Waals surface area contributed by atoms with Crippen LogP contribution in [0, 0.1) is 6.92 Å². The van der Waals surface area contributed by atoms with Crippen LogP contribution in [0.3, 0.4) is 0 Å². The van der Waals surface area contributed by atoms with Crippen LogP contribution in [0.25, 0.3) is 17.0 Å². The van der Waals surface area contributed by atoms with E-state index in [-0.39, 0.29) is 30.0 Å². The predicted molar refractivity (Wildman–Crippen MR) is 190 cm³/mol. The number of hydrogen-bond acceptors (Lipinski definition) is 6. The standard InChI is InChI=1S/C36H37Cl2N5O4/c1-22-18-31(41(3)4)26-9-6-10-32(36(26)40-22)47-21-27-28(37)13-15-30(35(27)38)42(5)34(46)20-39-33(45)16-12-24-11-14-29-25(19-24)8-7-17-43(29)23(2)44/h6,9-16,18-19H,7-8,17,20-21H2,1-5H3,(H,39,45). The van der Waals surface area contributed by atoms with Crippen molar-refractivity contribution in [2.75, 3.05) is 48.9 Å². The fraction of sp³-hybridized carbons (Fsp3) is 0.278. The molecule has 0 radical (unpaired) electrons. The van der Waals surface area contributed by atoms with Gasteiger partial charge in [0.25, 0.3) is 0 Å². The van der Waals surface area contributed by atoms with E-state index >= 15 is 0 Å². The van der Waals surface area contributed by atoms with Gasteiger partial charge >= 0.3 is 0 Å². The summed E-state index contributed by atoms with van der Waals surface area (Å²) in [6.45, 7) is 4.02. The maximum Gasteiger partial charge on any atom is 0.246 e. The van der Waals surface area contributed by atoms with E-state index in [0.717, 1.165) is 51.9 Å². The third kappa shape index (κ3) is 7.53. The third-order valence-corrected chi connectivity index (χ3v) is 8.88. The van der Waals surface area contributed by atoms with E-state index < -0.39 is 5.91 Å². The monoisotopic (exact) mass is 673 g/mol. The molecular formula is C36H37Cl2N5O4. The van der Waals surface area contributed by atoms with E-state index in [1.807, 2.05) is 68.4 Å². The van der Waals surface area contributed by atoms with Crippen molar-refractivity contribution < 1.29 is 19.1 Å². The minimum absolute atomic E-state index is 0.0139. The van der Waals surface area contributed by atoms with E-state index in [9.17, 15) is 14.4 Å². The number of benzene rings is 3. The molecule has 1 aromatic heterocycles. The van der Waals surface area contributed by atoms with Gasteiger partial charge in [0, 0.05) is 73.7 Å². The predicted octanol–water partition coefficient (Wildman–Crippen LogP) is 6.59. The summed E-state index contributed by atoms with van der Waals surface area (Å²) in [4.78, 5) is 47.5. The first-order valence-electron chi connectivity index (χ1n) is 15.3. The van der Waals surface area contributed by atoms with Gasteiger partial charge in [0.2, 0.25) is 17.7 Å². The number of nitrogens with one attached hydrogen (secondary N) is 1. The summed E-state index contributed by atoms with van der Waals surface area (Å²) < 4.78 is 6.21. The molecule has 0 spiro atoms. The summed E-state index contributed by atoms with van der Waals surface area (Å²) >= 11 is 13.3. The Balaban J connectivity index is 1.23. The molecule has 11 heteroatoms. The molecule has 4 aromatic rings. The summed E-state index contributed by atoms with van der Waals surface area (Å²) in [6, 6.07) is 16.9. The second-order valence-electron chi connectivity index (χ2n) is 11.6. The van der Waals surface area contributed by atoms with Gasteiger partial charge in [-0.1, -0.05) is 41.4 Å². The summed E-state index contributed by atoms with van der Waals surface area (Å²) in [5.74, 6) is -0.186. The number of hydrogen-bond donors (Lipinski definition) is 1. The number of ether oxygens (including phenoxy) is 1. The van der Waals surface area contributed by atoms with Crippen molar-refractivity contribution in [1.29, 1.82) is 0 Å². The number of halogens is 2. The Bertz CT molecular complexity index is 1890. The van der Waals surface area contributed by atoms with Gasteiger partial charge in [0.15, 0.2) is 0 Å². The second-order valence-corrected chi connectivity index (χ2v) is 12.4. The van der Waals surface area contributed by atoms with E-state index in [2.05, 4.69) is 5.32 Å². The minimum atomic E-state index is -0.414. The van der Waals surface area contributed by atoms with E-state index in [0.29, 0.717) is 28.6 Å². The molecule has 1 N–H and O–H groups in total. The normalized spacial score (nSPS) is 12.6. The topological polar surface area (TPSA) is 95.1 Å². The van der Waals surface area contributed by atoms with Crippen molar-refractivity contribution in [3.8, 4) is 5.75 Å². The molecule has 0 unspecified atom stereocenters. The molecule has 5 rings (SSSR count). The summed E-state index contributed by atoms with van der Waals surface area (Å²) in [5, 5.41) is 4.26. The summed E-state index contributed by atoms with van der Waals surface area (Å²) in [7, 11) is 5.55. The highest BCUT2D eigenvalue weighted by atomic mass is 35.5. The highest BCUT2D eigenvalue weighted by molar-refractivity contribution is 6.38. The van der Waals surface area contributed by atoms with E-state index in [1.54, 1.807) is 37.1 Å². The number of aryl methyl sites for hydroxylation is 2. The summed E-state index contributed by atoms with van der Waals surface area (Å²) in [6.07, 6.45) is 4.83. The number of aromatic nitrogens is 1. The number of nitrogens with zero attached hydrogens (tertiary/aromatic N) is 4. The van der Waals surface area contributed by atoms with Crippen molar-refractivity contribution >= 4 is 75.0 Å². The maximum atomic E-state index is 13.1. The van der Waals surface area contributed by atoms with Crippen LogP contribution in [-0.4, -0.2) is 56.9 Å². The van der Waals surface area contributed by atoms with Crippen molar-refractivity contribution in [3.63, 3.8) is 0 Å². The van der Waals surface area contributed by atoms with Gasteiger partial charge in [-0.25, -0.2) is 4.98 Å². The number of carbonyl (C=O) groups excluding carboxylic acids is 3. The molecule has 0 saturated carbocycles. The molecule has 9 nitrogen and oxygen atoms in total. The van der Waals surface area contributed by atoms with E-state index in [4.69, 9.17) is 32.9 Å². The van der Waals surface area contributed by atoms with Gasteiger partial charge in [-0.2, -0.15) is 0 Å². The fourth-order valence-corrected chi connectivity index (χ4v) is 6.24. The van der Waals surface area contributed by atoms with Crippen LogP contribution in [0.4, 0.5) is 17.1 Å². The molecule has 0 saturated heterocycles. The Hall–Kier alpha value is -4.60. The lowest BCUT2D eigenvalue weighted by atomic mass is 9.99. The van der Waals surface area contributed by atoms with Crippen LogP contribution in [0.1, 0.15) is 35.7 Å². The van der Waals surface area contributed by atoms with Gasteiger partial charge in [0.1, 0.15) is 17.9 Å². The lowest BCUT2D eigenvalue weighted by Gasteiger charge is -2.28. The van der Waals surface area contributed by atoms with Gasteiger partial charge < -0.3 is 24.8 Å². The lowest BCUT2D eigenvalue weighted by Crippen LogP contribution is -2.37. The van der Waals surface area contributed by atoms with Crippen LogP contribution in [-0.2, 0) is 27.4 Å². The highest BCUT2D eigenvalue weighted by Crippen LogP contribution is 2.36. The number of carbonyl (C=O) groups is 3.